The standard InChI is InChI=1S/C15H13BrN2O2S/c1-20-14-4-2-10(6-11(14)8-17)9-21(19)15-5-3-12(18)7-13(15)16/h2-7H,9,18H2,1H3. The van der Waals surface area contributed by atoms with Crippen LogP contribution in [0.15, 0.2) is 45.8 Å². The predicted octanol–water partition coefficient (Wildman–Crippen LogP) is 3.22. The van der Waals surface area contributed by atoms with E-state index in [-0.39, 0.29) is 0 Å². The molecule has 0 saturated carbocycles. The van der Waals surface area contributed by atoms with Crippen molar-refractivity contribution in [1.29, 1.82) is 5.26 Å². The van der Waals surface area contributed by atoms with Crippen LogP contribution in [0.1, 0.15) is 11.1 Å². The second-order valence-corrected chi connectivity index (χ2v) is 6.60. The number of ether oxygens (including phenoxy) is 1. The molecule has 2 N–H and O–H groups in total. The topological polar surface area (TPSA) is 76.1 Å². The zero-order valence-electron chi connectivity index (χ0n) is 11.3. The van der Waals surface area contributed by atoms with Gasteiger partial charge >= 0.3 is 0 Å². The van der Waals surface area contributed by atoms with E-state index in [1.807, 2.05) is 6.07 Å². The van der Waals surface area contributed by atoms with Crippen molar-refractivity contribution >= 4 is 32.4 Å². The Kier molecular flexibility index (Phi) is 4.99. The van der Waals surface area contributed by atoms with E-state index in [1.165, 1.54) is 7.11 Å². The van der Waals surface area contributed by atoms with E-state index in [0.29, 0.717) is 27.6 Å². The quantitative estimate of drug-likeness (QED) is 0.844. The molecule has 21 heavy (non-hydrogen) atoms. The van der Waals surface area contributed by atoms with Crippen LogP contribution in [0.2, 0.25) is 0 Å². The van der Waals surface area contributed by atoms with E-state index in [4.69, 9.17) is 15.7 Å². The molecule has 0 fully saturated rings. The number of nitrogens with zero attached hydrogens (tertiary/aromatic N) is 1. The third-order valence-corrected chi connectivity index (χ3v) is 5.24. The number of rotatable bonds is 4. The summed E-state index contributed by atoms with van der Waals surface area (Å²) < 4.78 is 18.2. The van der Waals surface area contributed by atoms with Gasteiger partial charge in [-0.3, -0.25) is 4.21 Å². The number of anilines is 1. The van der Waals surface area contributed by atoms with Gasteiger partial charge in [-0.25, -0.2) is 0 Å². The Bertz CT molecular complexity index is 741. The van der Waals surface area contributed by atoms with E-state index >= 15 is 0 Å². The largest absolute Gasteiger partial charge is 0.495 e. The smallest absolute Gasteiger partial charge is 0.136 e. The van der Waals surface area contributed by atoms with Crippen LogP contribution in [0.5, 0.6) is 5.75 Å². The summed E-state index contributed by atoms with van der Waals surface area (Å²) in [5, 5.41) is 9.07. The summed E-state index contributed by atoms with van der Waals surface area (Å²) in [6.45, 7) is 0. The van der Waals surface area contributed by atoms with Gasteiger partial charge in [0.25, 0.3) is 0 Å². The van der Waals surface area contributed by atoms with Crippen LogP contribution in [0.25, 0.3) is 0 Å². The lowest BCUT2D eigenvalue weighted by molar-refractivity contribution is 0.413. The van der Waals surface area contributed by atoms with Crippen LogP contribution >= 0.6 is 15.9 Å². The van der Waals surface area contributed by atoms with Crippen molar-refractivity contribution in [3.63, 3.8) is 0 Å². The fourth-order valence-corrected chi connectivity index (χ4v) is 3.94. The second-order valence-electron chi connectivity index (χ2n) is 4.33. The summed E-state index contributed by atoms with van der Waals surface area (Å²) in [5.41, 5.74) is 7.53. The van der Waals surface area contributed by atoms with Gasteiger partial charge in [-0.2, -0.15) is 5.26 Å². The number of hydrogen-bond donors (Lipinski definition) is 1. The van der Waals surface area contributed by atoms with Crippen LogP contribution in [0.4, 0.5) is 5.69 Å². The van der Waals surface area contributed by atoms with Crippen LogP contribution in [-0.2, 0) is 16.6 Å². The molecule has 2 rings (SSSR count). The monoisotopic (exact) mass is 364 g/mol. The molecule has 0 bridgehead atoms. The van der Waals surface area contributed by atoms with Gasteiger partial charge in [0.15, 0.2) is 0 Å². The minimum absolute atomic E-state index is 0.321. The molecule has 6 heteroatoms. The first-order chi connectivity index (χ1) is 10.0. The van der Waals surface area contributed by atoms with Crippen LogP contribution in [0, 0.1) is 11.3 Å². The van der Waals surface area contributed by atoms with E-state index in [9.17, 15) is 4.21 Å². The Hall–Kier alpha value is -1.84. The highest BCUT2D eigenvalue weighted by atomic mass is 79.9. The number of hydrogen-bond acceptors (Lipinski definition) is 4. The average molecular weight is 365 g/mol. The Balaban J connectivity index is 2.26. The number of benzene rings is 2. The zero-order valence-corrected chi connectivity index (χ0v) is 13.7. The molecular weight excluding hydrogens is 352 g/mol. The number of nitrogen functional groups attached to an aromatic ring is 1. The lowest BCUT2D eigenvalue weighted by Crippen LogP contribution is -1.99. The molecule has 0 heterocycles. The number of halogens is 1. The highest BCUT2D eigenvalue weighted by Crippen LogP contribution is 2.26. The molecule has 0 radical (unpaired) electrons. The molecule has 0 amide bonds. The molecule has 1 unspecified atom stereocenters. The van der Waals surface area contributed by atoms with Gasteiger partial charge in [0.2, 0.25) is 0 Å². The minimum Gasteiger partial charge on any atom is -0.495 e. The molecule has 2 aromatic carbocycles. The average Bonchev–Trinajstić information content (AvgIpc) is 2.46. The fraction of sp³-hybridized carbons (Fsp3) is 0.133. The molecule has 4 nitrogen and oxygen atoms in total. The van der Waals surface area contributed by atoms with Crippen molar-refractivity contribution < 1.29 is 8.95 Å². The Morgan fingerprint density at radius 1 is 1.33 bits per heavy atom. The molecule has 0 spiro atoms. The van der Waals surface area contributed by atoms with Crippen LogP contribution in [0.3, 0.4) is 0 Å². The summed E-state index contributed by atoms with van der Waals surface area (Å²) in [5.74, 6) is 0.835. The summed E-state index contributed by atoms with van der Waals surface area (Å²) in [4.78, 5) is 0.679. The predicted molar refractivity (Wildman–Crippen MR) is 86.4 cm³/mol. The summed E-state index contributed by atoms with van der Waals surface area (Å²) in [7, 11) is 0.288. The van der Waals surface area contributed by atoms with Gasteiger partial charge in [-0.15, -0.1) is 0 Å². The minimum atomic E-state index is -1.23. The zero-order chi connectivity index (χ0) is 15.4. The maximum absolute atomic E-state index is 12.4. The van der Waals surface area contributed by atoms with Gasteiger partial charge in [0.1, 0.15) is 11.8 Å². The van der Waals surface area contributed by atoms with E-state index in [2.05, 4.69) is 22.0 Å². The Labute approximate surface area is 134 Å². The third-order valence-electron chi connectivity index (χ3n) is 2.88. The lowest BCUT2D eigenvalue weighted by Gasteiger charge is -2.08. The van der Waals surface area contributed by atoms with Gasteiger partial charge in [0, 0.05) is 10.2 Å². The van der Waals surface area contributed by atoms with Gasteiger partial charge in [0.05, 0.1) is 34.1 Å². The molecule has 2 aromatic rings. The fourth-order valence-electron chi connectivity index (χ4n) is 1.86. The van der Waals surface area contributed by atoms with Crippen LogP contribution < -0.4 is 10.5 Å². The number of nitriles is 1. The Morgan fingerprint density at radius 2 is 2.10 bits per heavy atom. The van der Waals surface area contributed by atoms with Crippen molar-refractivity contribution in [2.24, 2.45) is 0 Å². The molecule has 1 atom stereocenters. The van der Waals surface area contributed by atoms with Crippen molar-refractivity contribution in [2.45, 2.75) is 10.6 Å². The van der Waals surface area contributed by atoms with E-state index in [0.717, 1.165) is 10.0 Å². The first-order valence-electron chi connectivity index (χ1n) is 6.05. The van der Waals surface area contributed by atoms with Crippen LogP contribution in [-0.4, -0.2) is 11.3 Å². The van der Waals surface area contributed by atoms with Crippen molar-refractivity contribution in [3.05, 3.63) is 52.0 Å². The molecule has 0 aliphatic carbocycles. The number of methoxy groups -OCH3 is 1. The maximum atomic E-state index is 12.4. The molecule has 0 aromatic heterocycles. The first-order valence-corrected chi connectivity index (χ1v) is 8.16. The van der Waals surface area contributed by atoms with Crippen molar-refractivity contribution in [1.82, 2.24) is 0 Å². The molecule has 0 aliphatic rings. The van der Waals surface area contributed by atoms with Gasteiger partial charge in [-0.1, -0.05) is 6.07 Å². The molecule has 0 saturated heterocycles. The molecular formula is C15H13BrN2O2S. The van der Waals surface area contributed by atoms with Crippen molar-refractivity contribution in [2.75, 3.05) is 12.8 Å². The molecule has 108 valence electrons. The second kappa shape index (κ2) is 6.74. The van der Waals surface area contributed by atoms with Crippen molar-refractivity contribution in [3.8, 4) is 11.8 Å². The van der Waals surface area contributed by atoms with Gasteiger partial charge in [-0.05, 0) is 51.8 Å². The molecule has 0 aliphatic heterocycles. The highest BCUT2D eigenvalue weighted by molar-refractivity contribution is 9.10. The summed E-state index contributed by atoms with van der Waals surface area (Å²) in [6.07, 6.45) is 0. The van der Waals surface area contributed by atoms with E-state index < -0.39 is 10.8 Å². The first kappa shape index (κ1) is 15.5. The normalized spacial score (nSPS) is 11.7. The SMILES string of the molecule is COc1ccc(CS(=O)c2ccc(N)cc2Br)cc1C#N. The maximum Gasteiger partial charge on any atom is 0.136 e. The highest BCUT2D eigenvalue weighted by Gasteiger charge is 2.11. The summed E-state index contributed by atoms with van der Waals surface area (Å²) in [6, 6.07) is 12.5. The third kappa shape index (κ3) is 3.63. The lowest BCUT2D eigenvalue weighted by atomic mass is 10.1. The Morgan fingerprint density at radius 3 is 2.71 bits per heavy atom. The number of nitrogens with two attached hydrogens (primary N) is 1. The van der Waals surface area contributed by atoms with E-state index in [1.54, 1.807) is 30.3 Å². The van der Waals surface area contributed by atoms with Gasteiger partial charge < -0.3 is 10.5 Å². The summed E-state index contributed by atoms with van der Waals surface area (Å²) >= 11 is 3.37.